The number of anilines is 1. The molecule has 0 aromatic carbocycles. The van der Waals surface area contributed by atoms with Gasteiger partial charge in [-0.1, -0.05) is 0 Å². The minimum Gasteiger partial charge on any atom is -0.478 e. The normalized spacial score (nSPS) is 17.8. The SMILES string of the molecule is Cc1cc(C)c(C(=O)O)c(NC2(CO)CCOCC2)n1. The van der Waals surface area contributed by atoms with Crippen molar-refractivity contribution in [2.45, 2.75) is 32.2 Å². The predicted molar refractivity (Wildman–Crippen MR) is 74.2 cm³/mol. The second kappa shape index (κ2) is 5.76. The van der Waals surface area contributed by atoms with E-state index in [0.29, 0.717) is 37.4 Å². The van der Waals surface area contributed by atoms with Gasteiger partial charge in [0.25, 0.3) is 0 Å². The summed E-state index contributed by atoms with van der Waals surface area (Å²) in [5.74, 6) is -0.691. The first-order valence-corrected chi connectivity index (χ1v) is 6.66. The largest absolute Gasteiger partial charge is 0.478 e. The summed E-state index contributed by atoms with van der Waals surface area (Å²) in [4.78, 5) is 15.7. The van der Waals surface area contributed by atoms with Gasteiger partial charge in [0, 0.05) is 18.9 Å². The molecule has 2 rings (SSSR count). The fraction of sp³-hybridized carbons (Fsp3) is 0.571. The Balaban J connectivity index is 2.38. The Bertz CT molecular complexity index is 510. The number of nitrogens with one attached hydrogen (secondary N) is 1. The van der Waals surface area contributed by atoms with Gasteiger partial charge >= 0.3 is 5.97 Å². The Kier molecular flexibility index (Phi) is 4.25. The van der Waals surface area contributed by atoms with Crippen molar-refractivity contribution in [2.24, 2.45) is 0 Å². The van der Waals surface area contributed by atoms with E-state index in [1.165, 1.54) is 0 Å². The van der Waals surface area contributed by atoms with Gasteiger partial charge < -0.3 is 20.3 Å². The number of nitrogens with zero attached hydrogens (tertiary/aromatic N) is 1. The summed E-state index contributed by atoms with van der Waals surface area (Å²) in [7, 11) is 0. The van der Waals surface area contributed by atoms with Crippen LogP contribution in [0.4, 0.5) is 5.82 Å². The molecule has 0 radical (unpaired) electrons. The van der Waals surface area contributed by atoms with Crippen molar-refractivity contribution in [1.82, 2.24) is 4.98 Å². The van der Waals surface area contributed by atoms with Crippen LogP contribution in [0.15, 0.2) is 6.07 Å². The number of aliphatic hydroxyl groups is 1. The molecular weight excluding hydrogens is 260 g/mol. The molecule has 0 unspecified atom stereocenters. The lowest BCUT2D eigenvalue weighted by Gasteiger charge is -2.37. The van der Waals surface area contributed by atoms with Gasteiger partial charge in [0.15, 0.2) is 0 Å². The second-order valence-corrected chi connectivity index (χ2v) is 5.29. The first-order chi connectivity index (χ1) is 9.47. The van der Waals surface area contributed by atoms with E-state index in [1.807, 2.05) is 6.92 Å². The smallest absolute Gasteiger partial charge is 0.339 e. The summed E-state index contributed by atoms with van der Waals surface area (Å²) in [5.41, 5.74) is 1.01. The number of aromatic nitrogens is 1. The van der Waals surface area contributed by atoms with Gasteiger partial charge in [-0.2, -0.15) is 0 Å². The van der Waals surface area contributed by atoms with Crippen molar-refractivity contribution < 1.29 is 19.7 Å². The monoisotopic (exact) mass is 280 g/mol. The Labute approximate surface area is 117 Å². The molecule has 1 aliphatic rings. The minimum atomic E-state index is -1.02. The summed E-state index contributed by atoms with van der Waals surface area (Å²) in [6, 6.07) is 1.74. The molecule has 0 bridgehead atoms. The predicted octanol–water partition coefficient (Wildman–Crippen LogP) is 1.35. The van der Waals surface area contributed by atoms with Crippen molar-refractivity contribution in [3.8, 4) is 0 Å². The van der Waals surface area contributed by atoms with Crippen LogP contribution in [-0.2, 0) is 4.74 Å². The summed E-state index contributed by atoms with van der Waals surface area (Å²) in [6.07, 6.45) is 1.24. The number of ether oxygens (including phenoxy) is 1. The first kappa shape index (κ1) is 14.7. The van der Waals surface area contributed by atoms with Crippen LogP contribution in [-0.4, -0.2) is 46.5 Å². The minimum absolute atomic E-state index is 0.0793. The van der Waals surface area contributed by atoms with Gasteiger partial charge in [0.1, 0.15) is 11.4 Å². The van der Waals surface area contributed by atoms with Gasteiger partial charge in [-0.25, -0.2) is 9.78 Å². The highest BCUT2D eigenvalue weighted by molar-refractivity contribution is 5.95. The van der Waals surface area contributed by atoms with Crippen LogP contribution in [0.1, 0.15) is 34.5 Å². The molecule has 0 aliphatic carbocycles. The number of aromatic carboxylic acids is 1. The first-order valence-electron chi connectivity index (χ1n) is 6.66. The number of carboxylic acids is 1. The lowest BCUT2D eigenvalue weighted by molar-refractivity contribution is 0.0377. The number of carboxylic acid groups (broad SMARTS) is 1. The molecule has 0 saturated carbocycles. The zero-order valence-electron chi connectivity index (χ0n) is 11.8. The van der Waals surface area contributed by atoms with Gasteiger partial charge in [-0.05, 0) is 38.3 Å². The van der Waals surface area contributed by atoms with Crippen LogP contribution in [0.2, 0.25) is 0 Å². The maximum atomic E-state index is 11.4. The average molecular weight is 280 g/mol. The van der Waals surface area contributed by atoms with Crippen LogP contribution in [0.5, 0.6) is 0 Å². The Morgan fingerprint density at radius 2 is 2.10 bits per heavy atom. The molecule has 1 aliphatic heterocycles. The summed E-state index contributed by atoms with van der Waals surface area (Å²) >= 11 is 0. The zero-order chi connectivity index (χ0) is 14.8. The van der Waals surface area contributed by atoms with E-state index in [2.05, 4.69) is 10.3 Å². The Hall–Kier alpha value is -1.66. The summed E-state index contributed by atoms with van der Waals surface area (Å²) < 4.78 is 5.30. The molecule has 6 nitrogen and oxygen atoms in total. The van der Waals surface area contributed by atoms with Crippen LogP contribution >= 0.6 is 0 Å². The van der Waals surface area contributed by atoms with Crippen molar-refractivity contribution >= 4 is 11.8 Å². The van der Waals surface area contributed by atoms with Crippen LogP contribution in [0, 0.1) is 13.8 Å². The van der Waals surface area contributed by atoms with Crippen molar-refractivity contribution in [3.05, 3.63) is 22.9 Å². The number of hydrogen-bond acceptors (Lipinski definition) is 5. The standard InChI is InChI=1S/C14H20N2O4/c1-9-7-10(2)15-12(11(9)13(18)19)16-14(8-17)3-5-20-6-4-14/h7,17H,3-6,8H2,1-2H3,(H,15,16)(H,18,19). The average Bonchev–Trinajstić information content (AvgIpc) is 2.38. The lowest BCUT2D eigenvalue weighted by atomic mass is 9.90. The maximum Gasteiger partial charge on any atom is 0.339 e. The molecule has 1 fully saturated rings. The maximum absolute atomic E-state index is 11.4. The van der Waals surface area contributed by atoms with Crippen LogP contribution in [0.25, 0.3) is 0 Å². The molecule has 1 aromatic rings. The number of aryl methyl sites for hydroxylation is 2. The fourth-order valence-corrected chi connectivity index (χ4v) is 2.53. The molecule has 0 spiro atoms. The van der Waals surface area contributed by atoms with E-state index in [9.17, 15) is 15.0 Å². The molecule has 6 heteroatoms. The third kappa shape index (κ3) is 2.91. The highest BCUT2D eigenvalue weighted by Crippen LogP contribution is 2.28. The Morgan fingerprint density at radius 1 is 1.45 bits per heavy atom. The van der Waals surface area contributed by atoms with Crippen molar-refractivity contribution in [3.63, 3.8) is 0 Å². The van der Waals surface area contributed by atoms with Crippen molar-refractivity contribution in [1.29, 1.82) is 0 Å². The molecule has 2 heterocycles. The quantitative estimate of drug-likeness (QED) is 0.771. The number of rotatable bonds is 4. The van der Waals surface area contributed by atoms with Gasteiger partial charge in [0.05, 0.1) is 12.1 Å². The van der Waals surface area contributed by atoms with E-state index >= 15 is 0 Å². The van der Waals surface area contributed by atoms with E-state index in [4.69, 9.17) is 4.74 Å². The van der Waals surface area contributed by atoms with E-state index < -0.39 is 11.5 Å². The highest BCUT2D eigenvalue weighted by Gasteiger charge is 2.33. The third-order valence-electron chi connectivity index (χ3n) is 3.69. The third-order valence-corrected chi connectivity index (χ3v) is 3.69. The molecule has 110 valence electrons. The molecular formula is C14H20N2O4. The second-order valence-electron chi connectivity index (χ2n) is 5.29. The van der Waals surface area contributed by atoms with E-state index in [0.717, 1.165) is 5.69 Å². The number of aliphatic hydroxyl groups excluding tert-OH is 1. The Morgan fingerprint density at radius 3 is 2.65 bits per heavy atom. The van der Waals surface area contributed by atoms with Gasteiger partial charge in [-0.3, -0.25) is 0 Å². The molecule has 20 heavy (non-hydrogen) atoms. The fourth-order valence-electron chi connectivity index (χ4n) is 2.53. The van der Waals surface area contributed by atoms with Gasteiger partial charge in [-0.15, -0.1) is 0 Å². The highest BCUT2D eigenvalue weighted by atomic mass is 16.5. The van der Waals surface area contributed by atoms with Gasteiger partial charge in [0.2, 0.25) is 0 Å². The van der Waals surface area contributed by atoms with E-state index in [1.54, 1.807) is 13.0 Å². The van der Waals surface area contributed by atoms with Crippen LogP contribution < -0.4 is 5.32 Å². The molecule has 0 amide bonds. The number of carbonyl (C=O) groups is 1. The van der Waals surface area contributed by atoms with Crippen LogP contribution in [0.3, 0.4) is 0 Å². The topological polar surface area (TPSA) is 91.7 Å². The number of pyridine rings is 1. The zero-order valence-corrected chi connectivity index (χ0v) is 11.8. The molecule has 0 atom stereocenters. The number of hydrogen-bond donors (Lipinski definition) is 3. The molecule has 1 saturated heterocycles. The summed E-state index contributed by atoms with van der Waals surface area (Å²) in [5, 5.41) is 22.2. The lowest BCUT2D eigenvalue weighted by Crippen LogP contribution is -2.47. The molecule has 3 N–H and O–H groups in total. The van der Waals surface area contributed by atoms with E-state index in [-0.39, 0.29) is 12.2 Å². The van der Waals surface area contributed by atoms with Crippen molar-refractivity contribution in [2.75, 3.05) is 25.1 Å². The summed E-state index contributed by atoms with van der Waals surface area (Å²) in [6.45, 7) is 4.57. The molecule has 1 aromatic heterocycles.